The third-order valence-corrected chi connectivity index (χ3v) is 10.4. The summed E-state index contributed by atoms with van der Waals surface area (Å²) in [4.78, 5) is 40.3. The first kappa shape index (κ1) is 34.8. The van der Waals surface area contributed by atoms with E-state index >= 15 is 0 Å². The Morgan fingerprint density at radius 2 is 1.62 bits per heavy atom. The van der Waals surface area contributed by atoms with Crippen LogP contribution in [0.1, 0.15) is 58.1 Å². The number of ketones is 1. The SMILES string of the molecule is CN1/C(=C/C2=C(NC(CS(=O)(=O)O)C(=O)NCCCCC(=O)O)C(=C/C3=[N+](C)c4ccccc4C3(C)C)/C2=O)C(C)(C)c2ccccc21. The van der Waals surface area contributed by atoms with Crippen molar-refractivity contribution in [1.82, 2.24) is 10.6 Å². The molecule has 1 atom stereocenters. The average molecular weight is 676 g/mol. The van der Waals surface area contributed by atoms with E-state index in [9.17, 15) is 27.4 Å². The Morgan fingerprint density at radius 3 is 2.25 bits per heavy atom. The maximum Gasteiger partial charge on any atom is 0.303 e. The van der Waals surface area contributed by atoms with Crippen LogP contribution in [-0.4, -0.2) is 78.5 Å². The van der Waals surface area contributed by atoms with Crippen LogP contribution >= 0.6 is 0 Å². The van der Waals surface area contributed by atoms with E-state index in [1.807, 2.05) is 72.1 Å². The predicted octanol–water partition coefficient (Wildman–Crippen LogP) is 3.98. The van der Waals surface area contributed by atoms with E-state index in [0.29, 0.717) is 18.5 Å². The summed E-state index contributed by atoms with van der Waals surface area (Å²) < 4.78 is 36.1. The third-order valence-electron chi connectivity index (χ3n) is 9.60. The molecule has 1 unspecified atom stereocenters. The van der Waals surface area contributed by atoms with Gasteiger partial charge in [0.2, 0.25) is 11.6 Å². The quantitative estimate of drug-likeness (QED) is 0.113. The Hall–Kier alpha value is -4.55. The number of allylic oxidation sites excluding steroid dienone is 5. The van der Waals surface area contributed by atoms with Gasteiger partial charge >= 0.3 is 5.97 Å². The van der Waals surface area contributed by atoms with E-state index in [2.05, 4.69) is 38.3 Å². The lowest BCUT2D eigenvalue weighted by molar-refractivity contribution is -0.401. The smallest absolute Gasteiger partial charge is 0.303 e. The van der Waals surface area contributed by atoms with E-state index in [4.69, 9.17) is 5.11 Å². The van der Waals surface area contributed by atoms with Crippen molar-refractivity contribution in [3.8, 4) is 0 Å². The number of fused-ring (bicyclic) bond motifs is 2. The minimum atomic E-state index is -4.63. The van der Waals surface area contributed by atoms with Crippen molar-refractivity contribution in [2.45, 2.75) is 63.8 Å². The van der Waals surface area contributed by atoms with Gasteiger partial charge in [-0.25, -0.2) is 0 Å². The number of carboxylic acid groups (broad SMARTS) is 1. The fourth-order valence-electron chi connectivity index (χ4n) is 6.98. The summed E-state index contributed by atoms with van der Waals surface area (Å²) in [5, 5.41) is 14.6. The minimum absolute atomic E-state index is 0.0636. The molecule has 0 spiro atoms. The first-order valence-corrected chi connectivity index (χ1v) is 17.5. The number of carbonyl (C=O) groups excluding carboxylic acids is 2. The van der Waals surface area contributed by atoms with Crippen LogP contribution in [0, 0.1) is 0 Å². The van der Waals surface area contributed by atoms with Gasteiger partial charge in [-0.15, -0.1) is 0 Å². The number of nitrogens with one attached hydrogen (secondary N) is 2. The largest absolute Gasteiger partial charge is 0.481 e. The molecule has 2 aromatic carbocycles. The van der Waals surface area contributed by atoms with Gasteiger partial charge in [-0.1, -0.05) is 50.2 Å². The lowest BCUT2D eigenvalue weighted by Crippen LogP contribution is -2.50. The molecule has 2 aromatic rings. The molecule has 0 saturated carbocycles. The highest BCUT2D eigenvalue weighted by atomic mass is 32.2. The minimum Gasteiger partial charge on any atom is -0.481 e. The lowest BCUT2D eigenvalue weighted by Gasteiger charge is -2.31. The van der Waals surface area contributed by atoms with Crippen LogP contribution in [0.15, 0.2) is 83.2 Å². The number of anilines is 1. The molecule has 254 valence electrons. The van der Waals surface area contributed by atoms with E-state index in [-0.39, 0.29) is 29.9 Å². The second-order valence-electron chi connectivity index (χ2n) is 13.6. The van der Waals surface area contributed by atoms with Gasteiger partial charge in [-0.2, -0.15) is 13.0 Å². The number of carbonyl (C=O) groups is 3. The molecule has 12 heteroatoms. The number of carboxylic acids is 1. The van der Waals surface area contributed by atoms with Gasteiger partial charge in [0, 0.05) is 60.1 Å². The van der Waals surface area contributed by atoms with E-state index in [1.54, 1.807) is 12.2 Å². The van der Waals surface area contributed by atoms with Crippen LogP contribution in [-0.2, 0) is 35.3 Å². The number of hydrogen-bond acceptors (Lipinski definition) is 7. The highest BCUT2D eigenvalue weighted by molar-refractivity contribution is 7.85. The van der Waals surface area contributed by atoms with Crippen molar-refractivity contribution in [3.63, 3.8) is 0 Å². The van der Waals surface area contributed by atoms with Crippen molar-refractivity contribution < 1.29 is 37.0 Å². The third kappa shape index (κ3) is 6.46. The van der Waals surface area contributed by atoms with Gasteiger partial charge in [0.25, 0.3) is 10.1 Å². The summed E-state index contributed by atoms with van der Waals surface area (Å²) in [6.07, 6.45) is 4.21. The molecule has 0 bridgehead atoms. The standard InChI is InChI=1S/C36H42N4O7S/c1-35(2)24-13-7-9-15-27(24)39(5)29(35)19-22-32(38-26(21-48(45,46)47)34(44)37-18-12-11-17-31(41)42)23(33(22)43)20-30-36(3,4)25-14-8-10-16-28(25)40(30)6/h7-10,13-16,19-20,26H,11-12,17-18,21H2,1-6H3,(H3-,37,38,41,42,43,44,45,46,47)/p+1. The Bertz CT molecular complexity index is 1940. The van der Waals surface area contributed by atoms with Crippen molar-refractivity contribution in [2.75, 3.05) is 31.3 Å². The second kappa shape index (κ2) is 12.8. The molecule has 2 aliphatic heterocycles. The van der Waals surface area contributed by atoms with Gasteiger partial charge in [0.05, 0.1) is 16.7 Å². The van der Waals surface area contributed by atoms with Crippen molar-refractivity contribution in [1.29, 1.82) is 0 Å². The van der Waals surface area contributed by atoms with Crippen LogP contribution in [0.5, 0.6) is 0 Å². The zero-order chi connectivity index (χ0) is 35.2. The van der Waals surface area contributed by atoms with Gasteiger partial charge in [0.1, 0.15) is 18.8 Å². The molecule has 0 fully saturated rings. The molecule has 2 heterocycles. The van der Waals surface area contributed by atoms with Gasteiger partial charge in [-0.05, 0) is 44.4 Å². The van der Waals surface area contributed by atoms with Crippen LogP contribution in [0.4, 0.5) is 11.4 Å². The molecule has 3 aliphatic rings. The zero-order valence-corrected chi connectivity index (χ0v) is 28.9. The average Bonchev–Trinajstić information content (AvgIpc) is 3.33. The van der Waals surface area contributed by atoms with Crippen LogP contribution in [0.3, 0.4) is 0 Å². The molecule has 1 aliphatic carbocycles. The molecule has 0 aromatic heterocycles. The molecule has 48 heavy (non-hydrogen) atoms. The summed E-state index contributed by atoms with van der Waals surface area (Å²) in [6.45, 7) is 8.38. The number of hydrogen-bond donors (Lipinski definition) is 4. The van der Waals surface area contributed by atoms with E-state index in [0.717, 1.165) is 33.9 Å². The van der Waals surface area contributed by atoms with Crippen LogP contribution < -0.4 is 15.5 Å². The Kier molecular flexibility index (Phi) is 9.28. The summed E-state index contributed by atoms with van der Waals surface area (Å²) in [7, 11) is -0.779. The monoisotopic (exact) mass is 675 g/mol. The number of para-hydroxylation sites is 2. The first-order valence-electron chi connectivity index (χ1n) is 15.9. The second-order valence-corrected chi connectivity index (χ2v) is 15.1. The van der Waals surface area contributed by atoms with Gasteiger partial charge in [0.15, 0.2) is 11.5 Å². The van der Waals surface area contributed by atoms with Crippen LogP contribution in [0.25, 0.3) is 0 Å². The van der Waals surface area contributed by atoms with Gasteiger partial charge < -0.3 is 20.6 Å². The summed E-state index contributed by atoms with van der Waals surface area (Å²) >= 11 is 0. The van der Waals surface area contributed by atoms with Crippen molar-refractivity contribution in [3.05, 3.63) is 94.4 Å². The molecular weight excluding hydrogens is 632 g/mol. The van der Waals surface area contributed by atoms with Crippen molar-refractivity contribution in [2.24, 2.45) is 0 Å². The molecule has 0 radical (unpaired) electrons. The number of Topliss-reactive ketones (excluding diaryl/α,β-unsaturated/α-hetero) is 1. The fraction of sp³-hybridized carbons (Fsp3) is 0.389. The number of benzene rings is 2. The summed E-state index contributed by atoms with van der Waals surface area (Å²) in [5.41, 5.74) is 5.82. The normalized spacial score (nSPS) is 20.1. The highest BCUT2D eigenvalue weighted by Crippen LogP contribution is 2.48. The number of likely N-dealkylation sites (N-methyl/N-ethyl adjacent to an activating group) is 1. The molecule has 0 saturated heterocycles. The maximum atomic E-state index is 14.1. The number of amides is 1. The molecule has 4 N–H and O–H groups in total. The fourth-order valence-corrected chi connectivity index (χ4v) is 7.64. The van der Waals surface area contributed by atoms with Crippen LogP contribution in [0.2, 0.25) is 0 Å². The van der Waals surface area contributed by atoms with Crippen molar-refractivity contribution >= 4 is 44.9 Å². The number of rotatable bonds is 12. The number of aliphatic carboxylic acids is 1. The zero-order valence-electron chi connectivity index (χ0n) is 28.1. The molecule has 11 nitrogen and oxygen atoms in total. The summed E-state index contributed by atoms with van der Waals surface area (Å²) in [5.74, 6) is -2.86. The molecule has 5 rings (SSSR count). The Labute approximate surface area is 281 Å². The predicted molar refractivity (Wildman–Crippen MR) is 184 cm³/mol. The van der Waals surface area contributed by atoms with Gasteiger partial charge in [-0.3, -0.25) is 18.9 Å². The number of unbranched alkanes of at least 4 members (excludes halogenated alkanes) is 1. The first-order chi connectivity index (χ1) is 22.4. The van der Waals surface area contributed by atoms with E-state index in [1.165, 1.54) is 0 Å². The lowest BCUT2D eigenvalue weighted by atomic mass is 9.77. The highest BCUT2D eigenvalue weighted by Gasteiger charge is 2.46. The van der Waals surface area contributed by atoms with E-state index < -0.39 is 44.6 Å². The summed E-state index contributed by atoms with van der Waals surface area (Å²) in [6, 6.07) is 14.5. The number of nitrogens with zero attached hydrogens (tertiary/aromatic N) is 2. The Balaban J connectivity index is 1.58. The maximum absolute atomic E-state index is 14.1. The molecule has 1 amide bonds. The Morgan fingerprint density at radius 1 is 0.979 bits per heavy atom. The molecular formula is C36H43N4O7S+. The topological polar surface area (TPSA) is 156 Å².